The molecule has 0 nitrogen and oxygen atoms in total. The van der Waals surface area contributed by atoms with Gasteiger partial charge in [0.2, 0.25) is 0 Å². The van der Waals surface area contributed by atoms with E-state index in [1.807, 2.05) is 0 Å². The van der Waals surface area contributed by atoms with Crippen LogP contribution < -0.4 is 0 Å². The Morgan fingerprint density at radius 2 is 1.55 bits per heavy atom. The van der Waals surface area contributed by atoms with Crippen LogP contribution in [0.2, 0.25) is 0 Å². The minimum Gasteiger partial charge on any atom is -0.117 e. The summed E-state index contributed by atoms with van der Waals surface area (Å²) >= 11 is 6.93. The summed E-state index contributed by atoms with van der Waals surface area (Å²) in [5, 5.41) is 0.156. The third-order valence-corrected chi connectivity index (χ3v) is 5.79. The second kappa shape index (κ2) is 6.10. The first-order chi connectivity index (χ1) is 9.35. The zero-order valence-corrected chi connectivity index (χ0v) is 14.4. The van der Waals surface area contributed by atoms with Gasteiger partial charge in [0.1, 0.15) is 0 Å². The molecule has 1 aromatic rings. The molecule has 1 fully saturated rings. The van der Waals surface area contributed by atoms with Gasteiger partial charge in [-0.05, 0) is 46.8 Å². The Hall–Kier alpha value is -0.490. The van der Waals surface area contributed by atoms with E-state index in [0.29, 0.717) is 11.8 Å². The summed E-state index contributed by atoms with van der Waals surface area (Å²) in [6.45, 7) is 11.5. The first-order valence-electron chi connectivity index (χ1n) is 8.13. The Balaban J connectivity index is 2.40. The summed E-state index contributed by atoms with van der Waals surface area (Å²) in [6.07, 6.45) is 5.21. The van der Waals surface area contributed by atoms with Gasteiger partial charge in [0.15, 0.2) is 0 Å². The lowest BCUT2D eigenvalue weighted by Crippen LogP contribution is -2.19. The number of halogens is 1. The number of hydrogen-bond donors (Lipinski definition) is 0. The Kier molecular flexibility index (Phi) is 4.84. The second-order valence-electron chi connectivity index (χ2n) is 7.42. The molecule has 1 aromatic carbocycles. The fourth-order valence-corrected chi connectivity index (χ4v) is 3.91. The van der Waals surface area contributed by atoms with Gasteiger partial charge in [-0.25, -0.2) is 0 Å². The van der Waals surface area contributed by atoms with Crippen LogP contribution in [-0.2, 0) is 0 Å². The molecular formula is C19H29Cl. The van der Waals surface area contributed by atoms with Crippen molar-refractivity contribution in [1.29, 1.82) is 0 Å². The molecule has 1 heteroatoms. The summed E-state index contributed by atoms with van der Waals surface area (Å²) in [6, 6.07) is 6.96. The summed E-state index contributed by atoms with van der Waals surface area (Å²) in [7, 11) is 0. The van der Waals surface area contributed by atoms with Crippen LogP contribution >= 0.6 is 11.6 Å². The highest BCUT2D eigenvalue weighted by molar-refractivity contribution is 6.21. The average Bonchev–Trinajstić information content (AvgIpc) is 2.85. The predicted molar refractivity (Wildman–Crippen MR) is 89.8 cm³/mol. The van der Waals surface area contributed by atoms with E-state index in [1.54, 1.807) is 0 Å². The van der Waals surface area contributed by atoms with Crippen molar-refractivity contribution in [1.82, 2.24) is 0 Å². The molecule has 0 heterocycles. The minimum absolute atomic E-state index is 0.156. The van der Waals surface area contributed by atoms with Crippen LogP contribution in [-0.4, -0.2) is 0 Å². The quantitative estimate of drug-likeness (QED) is 0.536. The van der Waals surface area contributed by atoms with Gasteiger partial charge in [0.05, 0.1) is 5.38 Å². The molecule has 112 valence electrons. The van der Waals surface area contributed by atoms with Gasteiger partial charge < -0.3 is 0 Å². The fraction of sp³-hybridized carbons (Fsp3) is 0.684. The van der Waals surface area contributed by atoms with Gasteiger partial charge >= 0.3 is 0 Å². The van der Waals surface area contributed by atoms with Crippen LogP contribution in [0.15, 0.2) is 18.2 Å². The highest BCUT2D eigenvalue weighted by atomic mass is 35.5. The standard InChI is InChI=1S/C19H29Cl/c1-13(2)15-8-9-16(17(12-15)14(3)4)18(20)19(5)10-6-7-11-19/h8-9,12-14,18H,6-7,10-11H2,1-5H3. The van der Waals surface area contributed by atoms with Crippen molar-refractivity contribution in [2.75, 3.05) is 0 Å². The van der Waals surface area contributed by atoms with Gasteiger partial charge in [-0.3, -0.25) is 0 Å². The third-order valence-electron chi connectivity index (χ3n) is 5.03. The number of alkyl halides is 1. The molecule has 0 aromatic heterocycles. The average molecular weight is 293 g/mol. The van der Waals surface area contributed by atoms with E-state index in [1.165, 1.54) is 42.4 Å². The molecule has 1 unspecified atom stereocenters. The molecule has 0 saturated heterocycles. The Bertz CT molecular complexity index is 453. The van der Waals surface area contributed by atoms with Crippen molar-refractivity contribution in [3.05, 3.63) is 34.9 Å². The van der Waals surface area contributed by atoms with Crippen molar-refractivity contribution < 1.29 is 0 Å². The lowest BCUT2D eigenvalue weighted by molar-refractivity contribution is 0.320. The lowest BCUT2D eigenvalue weighted by atomic mass is 9.78. The summed E-state index contributed by atoms with van der Waals surface area (Å²) in [5.41, 5.74) is 4.53. The molecule has 0 aliphatic heterocycles. The third kappa shape index (κ3) is 3.06. The maximum absolute atomic E-state index is 6.93. The van der Waals surface area contributed by atoms with Gasteiger partial charge in [-0.15, -0.1) is 11.6 Å². The van der Waals surface area contributed by atoms with Crippen LogP contribution in [0.4, 0.5) is 0 Å². The number of rotatable bonds is 4. The molecular weight excluding hydrogens is 264 g/mol. The monoisotopic (exact) mass is 292 g/mol. The molecule has 1 atom stereocenters. The van der Waals surface area contributed by atoms with Crippen molar-refractivity contribution in [3.63, 3.8) is 0 Å². The smallest absolute Gasteiger partial charge is 0.0641 e. The minimum atomic E-state index is 0.156. The van der Waals surface area contributed by atoms with E-state index in [0.717, 1.165) is 0 Å². The maximum atomic E-state index is 6.93. The van der Waals surface area contributed by atoms with E-state index in [9.17, 15) is 0 Å². The number of benzene rings is 1. The van der Waals surface area contributed by atoms with E-state index in [-0.39, 0.29) is 10.8 Å². The molecule has 1 saturated carbocycles. The molecule has 0 radical (unpaired) electrons. The molecule has 0 N–H and O–H groups in total. The SMILES string of the molecule is CC(C)c1ccc(C(Cl)C2(C)CCCC2)c(C(C)C)c1. The first kappa shape index (κ1) is 15.9. The molecule has 0 bridgehead atoms. The Morgan fingerprint density at radius 1 is 0.950 bits per heavy atom. The van der Waals surface area contributed by atoms with Crippen molar-refractivity contribution >= 4 is 11.6 Å². The molecule has 1 aliphatic rings. The van der Waals surface area contributed by atoms with Crippen LogP contribution in [0.1, 0.15) is 94.2 Å². The van der Waals surface area contributed by atoms with Crippen LogP contribution in [0.25, 0.3) is 0 Å². The topological polar surface area (TPSA) is 0 Å². The molecule has 0 amide bonds. The van der Waals surface area contributed by atoms with E-state index in [4.69, 9.17) is 11.6 Å². The lowest BCUT2D eigenvalue weighted by Gasteiger charge is -2.32. The summed E-state index contributed by atoms with van der Waals surface area (Å²) < 4.78 is 0. The van der Waals surface area contributed by atoms with Crippen LogP contribution in [0.5, 0.6) is 0 Å². The summed E-state index contributed by atoms with van der Waals surface area (Å²) in [4.78, 5) is 0. The molecule has 1 aliphatic carbocycles. The largest absolute Gasteiger partial charge is 0.117 e. The second-order valence-corrected chi connectivity index (χ2v) is 7.86. The van der Waals surface area contributed by atoms with Crippen LogP contribution in [0.3, 0.4) is 0 Å². The van der Waals surface area contributed by atoms with E-state index >= 15 is 0 Å². The van der Waals surface area contributed by atoms with Gasteiger partial charge in [-0.2, -0.15) is 0 Å². The Morgan fingerprint density at radius 3 is 2.05 bits per heavy atom. The predicted octanol–water partition coefficient (Wildman–Crippen LogP) is 6.79. The van der Waals surface area contributed by atoms with E-state index < -0.39 is 0 Å². The van der Waals surface area contributed by atoms with Gasteiger partial charge in [0, 0.05) is 0 Å². The number of hydrogen-bond acceptors (Lipinski definition) is 0. The Labute approximate surface area is 129 Å². The van der Waals surface area contributed by atoms with Gasteiger partial charge in [0.25, 0.3) is 0 Å². The molecule has 20 heavy (non-hydrogen) atoms. The van der Waals surface area contributed by atoms with E-state index in [2.05, 4.69) is 52.8 Å². The van der Waals surface area contributed by atoms with Crippen LogP contribution in [0, 0.1) is 5.41 Å². The molecule has 2 rings (SSSR count). The zero-order valence-electron chi connectivity index (χ0n) is 13.7. The fourth-order valence-electron chi connectivity index (χ4n) is 3.49. The highest BCUT2D eigenvalue weighted by Gasteiger charge is 2.37. The van der Waals surface area contributed by atoms with Crippen molar-refractivity contribution in [2.45, 2.75) is 77.5 Å². The normalized spacial score (nSPS) is 19.8. The van der Waals surface area contributed by atoms with Crippen molar-refractivity contribution in [2.24, 2.45) is 5.41 Å². The highest BCUT2D eigenvalue weighted by Crippen LogP contribution is 2.51. The molecule has 0 spiro atoms. The maximum Gasteiger partial charge on any atom is 0.0641 e. The zero-order chi connectivity index (χ0) is 14.9. The first-order valence-corrected chi connectivity index (χ1v) is 8.56. The van der Waals surface area contributed by atoms with Crippen molar-refractivity contribution in [3.8, 4) is 0 Å². The summed E-state index contributed by atoms with van der Waals surface area (Å²) in [5.74, 6) is 1.12. The van der Waals surface area contributed by atoms with Gasteiger partial charge in [-0.1, -0.05) is 65.7 Å².